The molecule has 0 aliphatic heterocycles. The van der Waals surface area contributed by atoms with Crippen molar-refractivity contribution < 1.29 is 0 Å². The lowest BCUT2D eigenvalue weighted by atomic mass is 9.86. The second-order valence-corrected chi connectivity index (χ2v) is 6.30. The molecule has 0 amide bonds. The highest BCUT2D eigenvalue weighted by molar-refractivity contribution is 6.02. The first-order valence-corrected chi connectivity index (χ1v) is 8.00. The van der Waals surface area contributed by atoms with E-state index >= 15 is 0 Å². The van der Waals surface area contributed by atoms with Crippen molar-refractivity contribution in [3.05, 3.63) is 60.2 Å². The van der Waals surface area contributed by atoms with Crippen LogP contribution in [0.15, 0.2) is 54.6 Å². The summed E-state index contributed by atoms with van der Waals surface area (Å²) in [5.74, 6) is 0.638. The number of hydrogen-bond donors (Lipinski definition) is 1. The van der Waals surface area contributed by atoms with Crippen molar-refractivity contribution in [2.75, 3.05) is 0 Å². The smallest absolute Gasteiger partial charge is 0.0335 e. The Morgan fingerprint density at radius 2 is 1.33 bits per heavy atom. The molecule has 106 valence electrons. The van der Waals surface area contributed by atoms with Gasteiger partial charge in [0.15, 0.2) is 0 Å². The van der Waals surface area contributed by atoms with Crippen molar-refractivity contribution >= 4 is 21.5 Å². The molecule has 0 bridgehead atoms. The Kier molecular flexibility index (Phi) is 3.16. The van der Waals surface area contributed by atoms with Crippen LogP contribution in [-0.2, 0) is 0 Å². The molecule has 0 aromatic heterocycles. The summed E-state index contributed by atoms with van der Waals surface area (Å²) in [6, 6.07) is 19.8. The van der Waals surface area contributed by atoms with Crippen LogP contribution in [0.4, 0.5) is 0 Å². The summed E-state index contributed by atoms with van der Waals surface area (Å²) in [7, 11) is 0. The monoisotopic (exact) mass is 275 g/mol. The third-order valence-corrected chi connectivity index (χ3v) is 5.05. The standard InChI is InChI=1S/C20H21N/c21-20(14-7-1-2-8-14)19-17-11-5-3-9-15(17)13-16-10-4-6-12-18(16)19/h3-6,9-14,20H,1-2,7-8,21H2/t20-/m0/s1. The summed E-state index contributed by atoms with van der Waals surface area (Å²) in [4.78, 5) is 0. The molecule has 0 unspecified atom stereocenters. The van der Waals surface area contributed by atoms with E-state index in [0.717, 1.165) is 0 Å². The lowest BCUT2D eigenvalue weighted by Gasteiger charge is -2.23. The first-order valence-electron chi connectivity index (χ1n) is 8.00. The predicted octanol–water partition coefficient (Wildman–Crippen LogP) is 5.18. The van der Waals surface area contributed by atoms with Crippen LogP contribution in [0.1, 0.15) is 37.3 Å². The highest BCUT2D eigenvalue weighted by atomic mass is 14.7. The van der Waals surface area contributed by atoms with Gasteiger partial charge in [-0.25, -0.2) is 0 Å². The number of rotatable bonds is 2. The summed E-state index contributed by atoms with van der Waals surface area (Å²) in [5, 5.41) is 5.27. The maximum atomic E-state index is 6.73. The molecule has 1 saturated carbocycles. The van der Waals surface area contributed by atoms with Crippen LogP contribution in [-0.4, -0.2) is 0 Å². The van der Waals surface area contributed by atoms with Gasteiger partial charge >= 0.3 is 0 Å². The molecule has 1 nitrogen and oxygen atoms in total. The average Bonchev–Trinajstić information content (AvgIpc) is 3.06. The van der Waals surface area contributed by atoms with Gasteiger partial charge in [0.25, 0.3) is 0 Å². The topological polar surface area (TPSA) is 26.0 Å². The summed E-state index contributed by atoms with van der Waals surface area (Å²) in [6.07, 6.45) is 5.22. The molecule has 21 heavy (non-hydrogen) atoms. The molecule has 4 rings (SSSR count). The molecule has 1 heteroatoms. The minimum absolute atomic E-state index is 0.156. The fourth-order valence-electron chi connectivity index (χ4n) is 3.96. The molecule has 1 fully saturated rings. The van der Waals surface area contributed by atoms with Gasteiger partial charge in [-0.2, -0.15) is 0 Å². The Morgan fingerprint density at radius 1 is 0.810 bits per heavy atom. The summed E-state index contributed by atoms with van der Waals surface area (Å²) in [5.41, 5.74) is 8.09. The van der Waals surface area contributed by atoms with Gasteiger partial charge in [-0.15, -0.1) is 0 Å². The van der Waals surface area contributed by atoms with Gasteiger partial charge in [-0.3, -0.25) is 0 Å². The molecule has 0 saturated heterocycles. The number of fused-ring (bicyclic) bond motifs is 2. The van der Waals surface area contributed by atoms with E-state index < -0.39 is 0 Å². The molecule has 3 aromatic carbocycles. The van der Waals surface area contributed by atoms with E-state index in [4.69, 9.17) is 5.73 Å². The minimum atomic E-state index is 0.156. The highest BCUT2D eigenvalue weighted by Crippen LogP contribution is 2.40. The number of hydrogen-bond acceptors (Lipinski definition) is 1. The summed E-state index contributed by atoms with van der Waals surface area (Å²) < 4.78 is 0. The Bertz CT molecular complexity index is 730. The Morgan fingerprint density at radius 3 is 1.90 bits per heavy atom. The molecule has 1 atom stereocenters. The highest BCUT2D eigenvalue weighted by Gasteiger charge is 2.25. The van der Waals surface area contributed by atoms with Gasteiger partial charge in [0, 0.05) is 6.04 Å². The van der Waals surface area contributed by atoms with E-state index in [2.05, 4.69) is 54.6 Å². The predicted molar refractivity (Wildman–Crippen MR) is 90.3 cm³/mol. The lowest BCUT2D eigenvalue weighted by molar-refractivity contribution is 0.449. The second-order valence-electron chi connectivity index (χ2n) is 6.30. The Hall–Kier alpha value is -1.86. The van der Waals surface area contributed by atoms with Gasteiger partial charge < -0.3 is 5.73 Å². The van der Waals surface area contributed by atoms with E-state index in [-0.39, 0.29) is 6.04 Å². The zero-order valence-corrected chi connectivity index (χ0v) is 12.3. The number of nitrogens with two attached hydrogens (primary N) is 1. The van der Waals surface area contributed by atoms with Crippen LogP contribution in [0.5, 0.6) is 0 Å². The largest absolute Gasteiger partial charge is 0.324 e. The third kappa shape index (κ3) is 2.13. The van der Waals surface area contributed by atoms with Gasteiger partial charge in [-0.1, -0.05) is 61.4 Å². The fraction of sp³-hybridized carbons (Fsp3) is 0.300. The fourth-order valence-corrected chi connectivity index (χ4v) is 3.96. The first kappa shape index (κ1) is 12.8. The molecule has 3 aromatic rings. The van der Waals surface area contributed by atoms with Crippen LogP contribution in [0.3, 0.4) is 0 Å². The van der Waals surface area contributed by atoms with Crippen molar-refractivity contribution in [3.8, 4) is 0 Å². The number of benzene rings is 3. The first-order chi connectivity index (χ1) is 10.3. The van der Waals surface area contributed by atoms with Gasteiger partial charge in [-0.05, 0) is 51.9 Å². The zero-order chi connectivity index (χ0) is 14.2. The van der Waals surface area contributed by atoms with Crippen molar-refractivity contribution in [3.63, 3.8) is 0 Å². The molecule has 0 heterocycles. The van der Waals surface area contributed by atoms with E-state index in [9.17, 15) is 0 Å². The van der Waals surface area contributed by atoms with Crippen molar-refractivity contribution in [2.24, 2.45) is 11.7 Å². The van der Waals surface area contributed by atoms with Crippen LogP contribution in [0, 0.1) is 5.92 Å². The maximum absolute atomic E-state index is 6.73. The third-order valence-electron chi connectivity index (χ3n) is 5.05. The minimum Gasteiger partial charge on any atom is -0.324 e. The van der Waals surface area contributed by atoms with E-state index in [1.165, 1.54) is 52.8 Å². The van der Waals surface area contributed by atoms with E-state index in [0.29, 0.717) is 5.92 Å². The molecule has 1 aliphatic carbocycles. The Labute approximate surface area is 125 Å². The molecule has 2 N–H and O–H groups in total. The van der Waals surface area contributed by atoms with Crippen LogP contribution in [0.2, 0.25) is 0 Å². The van der Waals surface area contributed by atoms with Gasteiger partial charge in [0.05, 0.1) is 0 Å². The zero-order valence-electron chi connectivity index (χ0n) is 12.3. The molecule has 0 radical (unpaired) electrons. The molecule has 1 aliphatic rings. The quantitative estimate of drug-likeness (QED) is 0.640. The molecule has 0 spiro atoms. The van der Waals surface area contributed by atoms with Gasteiger partial charge in [0.2, 0.25) is 0 Å². The molecular formula is C20H21N. The second kappa shape index (κ2) is 5.16. The average molecular weight is 275 g/mol. The van der Waals surface area contributed by atoms with E-state index in [1.807, 2.05) is 0 Å². The van der Waals surface area contributed by atoms with Crippen molar-refractivity contribution in [1.29, 1.82) is 0 Å². The van der Waals surface area contributed by atoms with Crippen LogP contribution >= 0.6 is 0 Å². The van der Waals surface area contributed by atoms with Gasteiger partial charge in [0.1, 0.15) is 0 Å². The van der Waals surface area contributed by atoms with Crippen LogP contribution in [0.25, 0.3) is 21.5 Å². The Balaban J connectivity index is 2.01. The van der Waals surface area contributed by atoms with Crippen LogP contribution < -0.4 is 5.73 Å². The SMILES string of the molecule is N[C@H](c1c2ccccc2cc2ccccc12)C1CCCC1. The van der Waals surface area contributed by atoms with Crippen molar-refractivity contribution in [2.45, 2.75) is 31.7 Å². The summed E-state index contributed by atoms with van der Waals surface area (Å²) >= 11 is 0. The van der Waals surface area contributed by atoms with Crippen molar-refractivity contribution in [1.82, 2.24) is 0 Å². The lowest BCUT2D eigenvalue weighted by Crippen LogP contribution is -2.19. The summed E-state index contributed by atoms with van der Waals surface area (Å²) in [6.45, 7) is 0. The van der Waals surface area contributed by atoms with E-state index in [1.54, 1.807) is 0 Å². The maximum Gasteiger partial charge on any atom is 0.0335 e. The normalized spacial score (nSPS) is 17.6. The molecular weight excluding hydrogens is 254 g/mol.